The third kappa shape index (κ3) is 6.14. The van der Waals surface area contributed by atoms with Gasteiger partial charge < -0.3 is 15.4 Å². The van der Waals surface area contributed by atoms with Crippen LogP contribution in [0.25, 0.3) is 0 Å². The molecule has 1 aliphatic heterocycles. The van der Waals surface area contributed by atoms with Gasteiger partial charge in [0.25, 0.3) is 5.91 Å². The fourth-order valence-corrected chi connectivity index (χ4v) is 5.03. The van der Waals surface area contributed by atoms with Crippen LogP contribution in [0, 0.1) is 13.8 Å². The fraction of sp³-hybridized carbons (Fsp3) is 0.296. The second-order valence-electron chi connectivity index (χ2n) is 8.74. The van der Waals surface area contributed by atoms with Crippen molar-refractivity contribution in [1.82, 2.24) is 10.3 Å². The molecule has 4 rings (SSSR count). The van der Waals surface area contributed by atoms with Crippen LogP contribution in [-0.2, 0) is 6.54 Å². The number of anilines is 2. The zero-order chi connectivity index (χ0) is 24.9. The number of hydrogen-bond acceptors (Lipinski definition) is 5. The van der Waals surface area contributed by atoms with Crippen LogP contribution in [0.15, 0.2) is 59.6 Å². The summed E-state index contributed by atoms with van der Waals surface area (Å²) < 4.78 is 5.65. The minimum atomic E-state index is -0.235. The molecule has 2 N–H and O–H groups in total. The molecule has 7 nitrogen and oxygen atoms in total. The highest BCUT2D eigenvalue weighted by molar-refractivity contribution is 7.99. The van der Waals surface area contributed by atoms with Crippen molar-refractivity contribution in [1.29, 1.82) is 0 Å². The maximum Gasteiger partial charge on any atom is 0.326 e. The number of rotatable bonds is 6. The number of benzene rings is 2. The fourth-order valence-electron chi connectivity index (χ4n) is 3.94. The van der Waals surface area contributed by atoms with E-state index in [-0.39, 0.29) is 18.0 Å². The highest BCUT2D eigenvalue weighted by Gasteiger charge is 2.26. The number of amides is 3. The Morgan fingerprint density at radius 1 is 1.11 bits per heavy atom. The standard InChI is InChI=1S/C27H30N4O3S/c1-17(2)34-23-10-8-20(9-11-23)16-28-25(32)21-6-5-7-22(15-21)30-27(33)31-12-13-35-26-24(31)18(3)14-19(4)29-26/h5-11,14-15,17H,12-13,16H2,1-4H3,(H,28,32)(H,30,33). The predicted molar refractivity (Wildman–Crippen MR) is 141 cm³/mol. The molecule has 2 aromatic carbocycles. The lowest BCUT2D eigenvalue weighted by Gasteiger charge is -2.30. The van der Waals surface area contributed by atoms with E-state index >= 15 is 0 Å². The molecule has 3 amide bonds. The molecule has 1 aliphatic rings. The van der Waals surface area contributed by atoms with Gasteiger partial charge in [0.2, 0.25) is 0 Å². The maximum absolute atomic E-state index is 13.1. The number of urea groups is 1. The molecule has 0 spiro atoms. The second-order valence-corrected chi connectivity index (χ2v) is 9.82. The van der Waals surface area contributed by atoms with E-state index in [2.05, 4.69) is 15.6 Å². The van der Waals surface area contributed by atoms with E-state index in [0.717, 1.165) is 39.0 Å². The Balaban J connectivity index is 1.40. The quantitative estimate of drug-likeness (QED) is 0.473. The SMILES string of the molecule is Cc1cc(C)c2c(n1)SCCN2C(=O)Nc1cccc(C(=O)NCc2ccc(OC(C)C)cc2)c1. The number of carbonyl (C=O) groups excluding carboxylic acids is 2. The summed E-state index contributed by atoms with van der Waals surface area (Å²) >= 11 is 1.66. The molecule has 0 fully saturated rings. The van der Waals surface area contributed by atoms with Gasteiger partial charge in [-0.05, 0) is 75.2 Å². The lowest BCUT2D eigenvalue weighted by atomic mass is 10.1. The van der Waals surface area contributed by atoms with E-state index in [1.165, 1.54) is 0 Å². The monoisotopic (exact) mass is 490 g/mol. The Morgan fingerprint density at radius 2 is 1.89 bits per heavy atom. The van der Waals surface area contributed by atoms with E-state index in [4.69, 9.17) is 4.74 Å². The smallest absolute Gasteiger partial charge is 0.326 e. The van der Waals surface area contributed by atoms with E-state index < -0.39 is 0 Å². The first-order valence-corrected chi connectivity index (χ1v) is 12.6. The Bertz CT molecular complexity index is 1230. The van der Waals surface area contributed by atoms with E-state index in [0.29, 0.717) is 24.3 Å². The predicted octanol–water partition coefficient (Wildman–Crippen LogP) is 5.56. The molecule has 35 heavy (non-hydrogen) atoms. The van der Waals surface area contributed by atoms with Crippen molar-refractivity contribution in [2.45, 2.75) is 45.4 Å². The van der Waals surface area contributed by atoms with Gasteiger partial charge in [-0.15, -0.1) is 11.8 Å². The number of hydrogen-bond donors (Lipinski definition) is 2. The van der Waals surface area contributed by atoms with Crippen LogP contribution >= 0.6 is 11.8 Å². The number of aromatic nitrogens is 1. The molecule has 1 aromatic heterocycles. The van der Waals surface area contributed by atoms with Crippen LogP contribution in [0.5, 0.6) is 5.75 Å². The van der Waals surface area contributed by atoms with Gasteiger partial charge in [-0.2, -0.15) is 0 Å². The molecular weight excluding hydrogens is 460 g/mol. The Hall–Kier alpha value is -3.52. The van der Waals surface area contributed by atoms with Crippen molar-refractivity contribution >= 4 is 35.1 Å². The van der Waals surface area contributed by atoms with Crippen molar-refractivity contribution in [2.24, 2.45) is 0 Å². The number of nitrogens with zero attached hydrogens (tertiary/aromatic N) is 2. The zero-order valence-corrected chi connectivity index (χ0v) is 21.2. The molecule has 0 saturated heterocycles. The summed E-state index contributed by atoms with van der Waals surface area (Å²) in [6, 6.07) is 16.4. The van der Waals surface area contributed by atoms with Crippen LogP contribution < -0.4 is 20.3 Å². The number of fused-ring (bicyclic) bond motifs is 1. The molecule has 2 heterocycles. The van der Waals surface area contributed by atoms with Gasteiger partial charge in [0.1, 0.15) is 10.8 Å². The number of nitrogens with one attached hydrogen (secondary N) is 2. The van der Waals surface area contributed by atoms with Crippen LogP contribution in [0.3, 0.4) is 0 Å². The average Bonchev–Trinajstić information content (AvgIpc) is 2.82. The summed E-state index contributed by atoms with van der Waals surface area (Å²) in [5.74, 6) is 1.37. The summed E-state index contributed by atoms with van der Waals surface area (Å²) in [5.41, 5.74) is 4.82. The van der Waals surface area contributed by atoms with Crippen LogP contribution in [0.2, 0.25) is 0 Å². The number of thioether (sulfide) groups is 1. The second kappa shape index (κ2) is 10.8. The van der Waals surface area contributed by atoms with Gasteiger partial charge in [0.15, 0.2) is 0 Å². The average molecular weight is 491 g/mol. The molecule has 0 saturated carbocycles. The number of aryl methyl sites for hydroxylation is 2. The van der Waals surface area contributed by atoms with Crippen LogP contribution in [-0.4, -0.2) is 35.3 Å². The minimum absolute atomic E-state index is 0.113. The molecule has 0 radical (unpaired) electrons. The largest absolute Gasteiger partial charge is 0.491 e. The Kier molecular flexibility index (Phi) is 7.60. The van der Waals surface area contributed by atoms with Gasteiger partial charge in [-0.3, -0.25) is 9.69 Å². The minimum Gasteiger partial charge on any atom is -0.491 e. The van der Waals surface area contributed by atoms with E-state index in [9.17, 15) is 9.59 Å². The molecule has 0 aliphatic carbocycles. The number of carbonyl (C=O) groups is 2. The van der Waals surface area contributed by atoms with Crippen molar-refractivity contribution in [3.8, 4) is 5.75 Å². The topological polar surface area (TPSA) is 83.6 Å². The molecular formula is C27H30N4O3S. The normalized spacial score (nSPS) is 12.8. The summed E-state index contributed by atoms with van der Waals surface area (Å²) in [6.07, 6.45) is 0.113. The third-order valence-electron chi connectivity index (χ3n) is 5.47. The zero-order valence-electron chi connectivity index (χ0n) is 20.4. The van der Waals surface area contributed by atoms with Crippen molar-refractivity contribution in [2.75, 3.05) is 22.5 Å². The first kappa shape index (κ1) is 24.6. The van der Waals surface area contributed by atoms with Crippen molar-refractivity contribution < 1.29 is 14.3 Å². The Morgan fingerprint density at radius 3 is 2.63 bits per heavy atom. The molecule has 0 unspecified atom stereocenters. The van der Waals surface area contributed by atoms with Gasteiger partial charge in [0.05, 0.1) is 11.8 Å². The highest BCUT2D eigenvalue weighted by atomic mass is 32.2. The van der Waals surface area contributed by atoms with Crippen molar-refractivity contribution in [3.63, 3.8) is 0 Å². The summed E-state index contributed by atoms with van der Waals surface area (Å²) in [4.78, 5) is 32.2. The van der Waals surface area contributed by atoms with Gasteiger partial charge >= 0.3 is 6.03 Å². The lowest BCUT2D eigenvalue weighted by molar-refractivity contribution is 0.0951. The van der Waals surface area contributed by atoms with Crippen molar-refractivity contribution in [3.05, 3.63) is 77.0 Å². The maximum atomic E-state index is 13.1. The summed E-state index contributed by atoms with van der Waals surface area (Å²) in [7, 11) is 0. The summed E-state index contributed by atoms with van der Waals surface area (Å²) in [5, 5.41) is 6.75. The molecule has 3 aromatic rings. The van der Waals surface area contributed by atoms with Gasteiger partial charge in [-0.1, -0.05) is 18.2 Å². The van der Waals surface area contributed by atoms with Gasteiger partial charge in [0, 0.05) is 35.8 Å². The lowest BCUT2D eigenvalue weighted by Crippen LogP contribution is -2.39. The third-order valence-corrected chi connectivity index (χ3v) is 6.42. The van der Waals surface area contributed by atoms with Crippen LogP contribution in [0.1, 0.15) is 41.0 Å². The van der Waals surface area contributed by atoms with Gasteiger partial charge in [-0.25, -0.2) is 9.78 Å². The molecule has 8 heteroatoms. The molecule has 0 bridgehead atoms. The first-order valence-electron chi connectivity index (χ1n) is 11.6. The number of ether oxygens (including phenoxy) is 1. The Labute approximate surface area is 210 Å². The number of pyridine rings is 1. The van der Waals surface area contributed by atoms with E-state index in [1.807, 2.05) is 58.0 Å². The van der Waals surface area contributed by atoms with Crippen LogP contribution in [0.4, 0.5) is 16.2 Å². The summed E-state index contributed by atoms with van der Waals surface area (Å²) in [6.45, 7) is 8.90. The highest BCUT2D eigenvalue weighted by Crippen LogP contribution is 2.36. The van der Waals surface area contributed by atoms with E-state index in [1.54, 1.807) is 40.9 Å². The molecule has 0 atom stereocenters. The first-order chi connectivity index (χ1) is 16.8. The molecule has 182 valence electrons.